The zero-order chi connectivity index (χ0) is 42.9. The lowest BCUT2D eigenvalue weighted by Crippen LogP contribution is -2.58. The van der Waals surface area contributed by atoms with Gasteiger partial charge in [-0.05, 0) is 75.5 Å². The largest absolute Gasteiger partial charge is 0.480 e. The van der Waals surface area contributed by atoms with Gasteiger partial charge in [0.2, 0.25) is 35.4 Å². The molecule has 320 valence electrons. The number of rotatable bonds is 23. The normalized spacial score (nSPS) is 16.4. The Hall–Kier alpha value is -5.72. The fourth-order valence-corrected chi connectivity index (χ4v) is 6.56. The monoisotopic (exact) mass is 811 g/mol. The van der Waals surface area contributed by atoms with Crippen molar-refractivity contribution in [3.63, 3.8) is 0 Å². The highest BCUT2D eigenvalue weighted by Crippen LogP contribution is 2.20. The fraction of sp³-hybridized carbons (Fsp3) is 0.590. The molecule has 13 N–H and O–H groups in total. The third kappa shape index (κ3) is 15.3. The van der Waals surface area contributed by atoms with Crippen LogP contribution in [0.3, 0.4) is 0 Å². The van der Waals surface area contributed by atoms with Crippen molar-refractivity contribution in [2.75, 3.05) is 19.6 Å². The SMILES string of the molecule is CC(C)C[C@H](NC(=O)CNC(=O)[C@H](CC(C)C)NC(=O)[C@@H]1CCCN1)C(=O)N[C@@H](Cc1c[nH]c2ccccc12)C(=O)N[C@@H](C)C(=O)N[C@@H](CCCN=C(N)N)C(=O)O. The number of fused-ring (bicyclic) bond motifs is 1. The van der Waals surface area contributed by atoms with E-state index in [1.807, 2.05) is 52.0 Å². The molecule has 1 aliphatic heterocycles. The van der Waals surface area contributed by atoms with Crippen molar-refractivity contribution in [2.45, 2.75) is 116 Å². The summed E-state index contributed by atoms with van der Waals surface area (Å²) in [5.74, 6) is -5.07. The number of nitrogens with zero attached hydrogens (tertiary/aromatic N) is 1. The molecule has 1 fully saturated rings. The van der Waals surface area contributed by atoms with Crippen molar-refractivity contribution < 1.29 is 38.7 Å². The molecule has 58 heavy (non-hydrogen) atoms. The zero-order valence-electron chi connectivity index (χ0n) is 34.0. The number of amides is 6. The number of guanidine groups is 1. The lowest BCUT2D eigenvalue weighted by Gasteiger charge is -2.26. The van der Waals surface area contributed by atoms with Gasteiger partial charge in [0.15, 0.2) is 5.96 Å². The molecule has 1 aromatic carbocycles. The molecule has 0 unspecified atom stereocenters. The van der Waals surface area contributed by atoms with E-state index in [-0.39, 0.29) is 62.0 Å². The van der Waals surface area contributed by atoms with Crippen LogP contribution in [0.15, 0.2) is 35.5 Å². The van der Waals surface area contributed by atoms with E-state index in [1.54, 1.807) is 6.20 Å². The number of nitrogens with one attached hydrogen (secondary N) is 8. The maximum absolute atomic E-state index is 13.9. The molecular formula is C39H61N11O8. The van der Waals surface area contributed by atoms with Gasteiger partial charge >= 0.3 is 5.97 Å². The summed E-state index contributed by atoms with van der Waals surface area (Å²) >= 11 is 0. The second kappa shape index (κ2) is 22.9. The number of carbonyl (C=O) groups is 7. The van der Waals surface area contributed by atoms with Gasteiger partial charge in [-0.3, -0.25) is 33.8 Å². The molecule has 6 atom stereocenters. The van der Waals surface area contributed by atoms with E-state index in [0.717, 1.165) is 17.3 Å². The smallest absolute Gasteiger partial charge is 0.326 e. The van der Waals surface area contributed by atoms with Crippen LogP contribution in [-0.2, 0) is 40.0 Å². The zero-order valence-corrected chi connectivity index (χ0v) is 34.0. The molecule has 0 saturated carbocycles. The molecular weight excluding hydrogens is 750 g/mol. The minimum atomic E-state index is -1.28. The highest BCUT2D eigenvalue weighted by molar-refractivity contribution is 5.96. The summed E-state index contributed by atoms with van der Waals surface area (Å²) in [6.07, 6.45) is 4.06. The third-order valence-electron chi connectivity index (χ3n) is 9.54. The Balaban J connectivity index is 1.73. The summed E-state index contributed by atoms with van der Waals surface area (Å²) < 4.78 is 0. The van der Waals surface area contributed by atoms with Crippen LogP contribution < -0.4 is 48.7 Å². The Labute approximate surface area is 338 Å². The molecule has 0 aliphatic carbocycles. The standard InChI is InChI=1S/C39H61N11O8/c1-21(2)16-29(49-35(54)27-12-8-14-42-27)34(53)45-20-32(51)47-30(17-22(3)4)37(56)50-31(18-24-19-44-26-11-7-6-10-25(24)26)36(55)46-23(5)33(52)48-28(38(57)58)13-9-15-43-39(40)41/h6-7,10-11,19,21-23,27-31,42,44H,8-9,12-18,20H2,1-5H3,(H,45,53)(H,46,55)(H,47,51)(H,48,52)(H,49,54)(H,50,56)(H,57,58)(H4,40,41,43)/t23-,27-,28-,29-,30-,31-/m0/s1. The number of benzene rings is 1. The average Bonchev–Trinajstić information content (AvgIpc) is 3.84. The van der Waals surface area contributed by atoms with Crippen LogP contribution in [-0.4, -0.2) is 113 Å². The van der Waals surface area contributed by atoms with E-state index in [0.29, 0.717) is 24.9 Å². The molecule has 2 aromatic rings. The lowest BCUT2D eigenvalue weighted by molar-refractivity contribution is -0.142. The average molecular weight is 812 g/mol. The van der Waals surface area contributed by atoms with Crippen molar-refractivity contribution in [3.8, 4) is 0 Å². The van der Waals surface area contributed by atoms with Crippen molar-refractivity contribution in [3.05, 3.63) is 36.0 Å². The molecule has 6 amide bonds. The summed E-state index contributed by atoms with van der Waals surface area (Å²) in [7, 11) is 0. The fourth-order valence-electron chi connectivity index (χ4n) is 6.56. The molecule has 2 heterocycles. The Bertz CT molecular complexity index is 1770. The maximum atomic E-state index is 13.9. The minimum Gasteiger partial charge on any atom is -0.480 e. The molecule has 19 nitrogen and oxygen atoms in total. The molecule has 1 aliphatic rings. The van der Waals surface area contributed by atoms with Crippen LogP contribution in [0.4, 0.5) is 0 Å². The Kier molecular flexibility index (Phi) is 18.4. The number of hydrogen-bond donors (Lipinski definition) is 11. The quantitative estimate of drug-likeness (QED) is 0.0377. The van der Waals surface area contributed by atoms with Gasteiger partial charge in [0.25, 0.3) is 0 Å². The van der Waals surface area contributed by atoms with Crippen molar-refractivity contribution in [2.24, 2.45) is 28.3 Å². The molecule has 1 saturated heterocycles. The highest BCUT2D eigenvalue weighted by Gasteiger charge is 2.32. The van der Waals surface area contributed by atoms with Gasteiger partial charge in [0.1, 0.15) is 30.2 Å². The number of aromatic nitrogens is 1. The molecule has 3 rings (SSSR count). The van der Waals surface area contributed by atoms with Gasteiger partial charge < -0.3 is 58.8 Å². The topological polar surface area (TPSA) is 304 Å². The molecule has 0 bridgehead atoms. The Morgan fingerprint density at radius 3 is 2.07 bits per heavy atom. The van der Waals surface area contributed by atoms with Crippen LogP contribution in [0.5, 0.6) is 0 Å². The predicted molar refractivity (Wildman–Crippen MR) is 218 cm³/mol. The number of carboxylic acid groups (broad SMARTS) is 1. The molecule has 0 radical (unpaired) electrons. The van der Waals surface area contributed by atoms with Crippen LogP contribution >= 0.6 is 0 Å². The van der Waals surface area contributed by atoms with Crippen molar-refractivity contribution in [1.29, 1.82) is 0 Å². The first-order valence-electron chi connectivity index (χ1n) is 19.8. The Morgan fingerprint density at radius 1 is 0.810 bits per heavy atom. The van der Waals surface area contributed by atoms with Gasteiger partial charge in [0.05, 0.1) is 12.6 Å². The van der Waals surface area contributed by atoms with Crippen LogP contribution in [0.2, 0.25) is 0 Å². The number of H-pyrrole nitrogens is 1. The van der Waals surface area contributed by atoms with Gasteiger partial charge in [0, 0.05) is 30.1 Å². The predicted octanol–water partition coefficient (Wildman–Crippen LogP) is -0.747. The number of aromatic amines is 1. The number of para-hydroxylation sites is 1. The van der Waals surface area contributed by atoms with Crippen LogP contribution in [0.1, 0.15) is 78.7 Å². The maximum Gasteiger partial charge on any atom is 0.326 e. The highest BCUT2D eigenvalue weighted by atomic mass is 16.4. The molecule has 0 spiro atoms. The number of hydrogen-bond acceptors (Lipinski definition) is 9. The first-order valence-corrected chi connectivity index (χ1v) is 19.8. The number of aliphatic imine (C=N–C) groups is 1. The van der Waals surface area contributed by atoms with E-state index in [4.69, 9.17) is 11.5 Å². The van der Waals surface area contributed by atoms with Crippen LogP contribution in [0.25, 0.3) is 10.9 Å². The summed E-state index contributed by atoms with van der Waals surface area (Å²) in [6, 6.07) is 1.30. The van der Waals surface area contributed by atoms with Crippen molar-refractivity contribution in [1.82, 2.24) is 42.2 Å². The molecule has 19 heteroatoms. The lowest BCUT2D eigenvalue weighted by atomic mass is 10.0. The number of nitrogens with two attached hydrogens (primary N) is 2. The van der Waals surface area contributed by atoms with E-state index < -0.39 is 72.3 Å². The van der Waals surface area contributed by atoms with Gasteiger partial charge in [-0.1, -0.05) is 45.9 Å². The van der Waals surface area contributed by atoms with Gasteiger partial charge in [-0.2, -0.15) is 0 Å². The van der Waals surface area contributed by atoms with E-state index >= 15 is 0 Å². The summed E-state index contributed by atoms with van der Waals surface area (Å²) in [4.78, 5) is 98.8. The van der Waals surface area contributed by atoms with Crippen LogP contribution in [0, 0.1) is 11.8 Å². The number of aliphatic carboxylic acids is 1. The number of carbonyl (C=O) groups excluding carboxylic acids is 6. The molecule has 1 aromatic heterocycles. The first-order chi connectivity index (χ1) is 27.4. The first kappa shape index (κ1) is 46.7. The number of carboxylic acids is 1. The summed E-state index contributed by atoms with van der Waals surface area (Å²) in [6.45, 7) is 9.34. The summed E-state index contributed by atoms with van der Waals surface area (Å²) in [5, 5.41) is 29.4. The van der Waals surface area contributed by atoms with Gasteiger partial charge in [-0.25, -0.2) is 4.79 Å². The van der Waals surface area contributed by atoms with Gasteiger partial charge in [-0.15, -0.1) is 0 Å². The minimum absolute atomic E-state index is 0.00376. The summed E-state index contributed by atoms with van der Waals surface area (Å²) in [5.41, 5.74) is 12.1. The third-order valence-corrected chi connectivity index (χ3v) is 9.54. The van der Waals surface area contributed by atoms with E-state index in [2.05, 4.69) is 47.2 Å². The van der Waals surface area contributed by atoms with Crippen molar-refractivity contribution >= 4 is 58.3 Å². The van der Waals surface area contributed by atoms with E-state index in [1.165, 1.54) is 6.92 Å². The second-order valence-corrected chi connectivity index (χ2v) is 15.5. The Morgan fingerprint density at radius 2 is 1.45 bits per heavy atom. The second-order valence-electron chi connectivity index (χ2n) is 15.5. The van der Waals surface area contributed by atoms with E-state index in [9.17, 15) is 38.7 Å².